The monoisotopic (exact) mass is 398 g/mol. The molecule has 3 aromatic rings. The smallest absolute Gasteiger partial charge is 0.220 e. The fraction of sp³-hybridized carbons (Fsp3) is 0.273. The van der Waals surface area contributed by atoms with Crippen molar-refractivity contribution in [3.8, 4) is 17.1 Å². The van der Waals surface area contributed by atoms with Gasteiger partial charge >= 0.3 is 0 Å². The van der Waals surface area contributed by atoms with Gasteiger partial charge in [-0.2, -0.15) is 0 Å². The predicted molar refractivity (Wildman–Crippen MR) is 110 cm³/mol. The molecule has 0 fully saturated rings. The molecule has 0 aliphatic carbocycles. The average molecular weight is 399 g/mol. The van der Waals surface area contributed by atoms with Crippen molar-refractivity contribution in [3.63, 3.8) is 0 Å². The zero-order valence-electron chi connectivity index (χ0n) is 15.8. The van der Waals surface area contributed by atoms with Gasteiger partial charge in [0.15, 0.2) is 11.7 Å². The summed E-state index contributed by atoms with van der Waals surface area (Å²) in [6, 6.07) is 15.3. The van der Waals surface area contributed by atoms with Gasteiger partial charge in [0.2, 0.25) is 5.91 Å². The summed E-state index contributed by atoms with van der Waals surface area (Å²) in [5.41, 5.74) is 2.07. The van der Waals surface area contributed by atoms with Crippen LogP contribution < -0.4 is 10.1 Å². The van der Waals surface area contributed by atoms with E-state index in [1.54, 1.807) is 18.3 Å². The van der Waals surface area contributed by atoms with Crippen LogP contribution in [0.25, 0.3) is 11.3 Å². The molecule has 146 valence electrons. The standard InChI is InChI=1S/C22H23ClN2O3/c1-16-4-2-5-19(14-16)27-13-3-12-24-21(26)10-11-22-25-15-20(28-22)17-6-8-18(23)9-7-17/h2,4-9,14-15H,3,10-13H2,1H3,(H,24,26). The molecule has 0 spiro atoms. The first kappa shape index (κ1) is 20.0. The summed E-state index contributed by atoms with van der Waals surface area (Å²) in [4.78, 5) is 16.2. The molecular formula is C22H23ClN2O3. The Labute approximate surface area is 169 Å². The fourth-order valence-electron chi connectivity index (χ4n) is 2.68. The number of hydrogen-bond acceptors (Lipinski definition) is 4. The van der Waals surface area contributed by atoms with E-state index < -0.39 is 0 Å². The summed E-state index contributed by atoms with van der Waals surface area (Å²) in [7, 11) is 0. The van der Waals surface area contributed by atoms with Gasteiger partial charge in [-0.1, -0.05) is 23.7 Å². The molecule has 0 saturated heterocycles. The van der Waals surface area contributed by atoms with Crippen LogP contribution >= 0.6 is 11.6 Å². The topological polar surface area (TPSA) is 64.4 Å². The molecule has 0 unspecified atom stereocenters. The lowest BCUT2D eigenvalue weighted by Crippen LogP contribution is -2.25. The Morgan fingerprint density at radius 1 is 1.21 bits per heavy atom. The van der Waals surface area contributed by atoms with Gasteiger partial charge < -0.3 is 14.5 Å². The summed E-state index contributed by atoms with van der Waals surface area (Å²) in [5.74, 6) is 2.04. The number of carbonyl (C=O) groups is 1. The van der Waals surface area contributed by atoms with E-state index in [0.717, 1.165) is 23.3 Å². The number of rotatable bonds is 9. The summed E-state index contributed by atoms with van der Waals surface area (Å²) < 4.78 is 11.4. The Morgan fingerprint density at radius 3 is 2.82 bits per heavy atom. The van der Waals surface area contributed by atoms with Crippen molar-refractivity contribution in [1.29, 1.82) is 0 Å². The van der Waals surface area contributed by atoms with E-state index in [-0.39, 0.29) is 5.91 Å². The Hall–Kier alpha value is -2.79. The summed E-state index contributed by atoms with van der Waals surface area (Å²) in [5, 5.41) is 3.56. The minimum atomic E-state index is -0.0261. The van der Waals surface area contributed by atoms with E-state index in [1.165, 1.54) is 0 Å². The van der Waals surface area contributed by atoms with Crippen molar-refractivity contribution in [3.05, 3.63) is 71.2 Å². The highest BCUT2D eigenvalue weighted by Crippen LogP contribution is 2.22. The van der Waals surface area contributed by atoms with Gasteiger partial charge in [0.25, 0.3) is 0 Å². The number of oxazole rings is 1. The first-order valence-corrected chi connectivity index (χ1v) is 9.65. The van der Waals surface area contributed by atoms with Crippen molar-refractivity contribution in [2.45, 2.75) is 26.2 Å². The molecule has 0 bridgehead atoms. The second-order valence-electron chi connectivity index (χ2n) is 6.49. The third-order valence-corrected chi connectivity index (χ3v) is 4.40. The van der Waals surface area contributed by atoms with Crippen molar-refractivity contribution in [2.75, 3.05) is 13.2 Å². The average Bonchev–Trinajstić information content (AvgIpc) is 3.16. The van der Waals surface area contributed by atoms with E-state index in [2.05, 4.69) is 10.3 Å². The van der Waals surface area contributed by atoms with Crippen LogP contribution in [0.2, 0.25) is 5.02 Å². The van der Waals surface area contributed by atoms with Gasteiger partial charge in [0.1, 0.15) is 5.75 Å². The molecule has 1 amide bonds. The van der Waals surface area contributed by atoms with Crippen LogP contribution in [0.5, 0.6) is 5.75 Å². The molecule has 1 aromatic heterocycles. The molecule has 6 heteroatoms. The molecule has 0 radical (unpaired) electrons. The van der Waals surface area contributed by atoms with Crippen LogP contribution in [0.3, 0.4) is 0 Å². The van der Waals surface area contributed by atoms with E-state index in [4.69, 9.17) is 20.8 Å². The Balaban J connectivity index is 1.34. The minimum Gasteiger partial charge on any atom is -0.494 e. The van der Waals surface area contributed by atoms with Crippen LogP contribution in [0.4, 0.5) is 0 Å². The lowest BCUT2D eigenvalue weighted by atomic mass is 10.2. The van der Waals surface area contributed by atoms with Gasteiger partial charge in [0.05, 0.1) is 12.8 Å². The number of carbonyl (C=O) groups excluding carboxylic acids is 1. The first-order chi connectivity index (χ1) is 13.6. The van der Waals surface area contributed by atoms with Gasteiger partial charge in [-0.3, -0.25) is 4.79 Å². The fourth-order valence-corrected chi connectivity index (χ4v) is 2.80. The van der Waals surface area contributed by atoms with E-state index in [1.807, 2.05) is 43.3 Å². The highest BCUT2D eigenvalue weighted by molar-refractivity contribution is 6.30. The third-order valence-electron chi connectivity index (χ3n) is 4.15. The summed E-state index contributed by atoms with van der Waals surface area (Å²) >= 11 is 5.89. The second kappa shape index (κ2) is 9.95. The van der Waals surface area contributed by atoms with E-state index >= 15 is 0 Å². The number of hydrogen-bond donors (Lipinski definition) is 1. The van der Waals surface area contributed by atoms with Gasteiger partial charge in [-0.05, 0) is 55.3 Å². The number of halogens is 1. The first-order valence-electron chi connectivity index (χ1n) is 9.27. The quantitative estimate of drug-likeness (QED) is 0.525. The molecule has 0 atom stereocenters. The highest BCUT2D eigenvalue weighted by Gasteiger charge is 2.09. The van der Waals surface area contributed by atoms with Crippen LogP contribution in [0, 0.1) is 6.92 Å². The third kappa shape index (κ3) is 6.13. The maximum atomic E-state index is 12.0. The van der Waals surface area contributed by atoms with Crippen molar-refractivity contribution in [1.82, 2.24) is 10.3 Å². The lowest BCUT2D eigenvalue weighted by molar-refractivity contribution is -0.121. The van der Waals surface area contributed by atoms with Gasteiger partial charge in [-0.15, -0.1) is 0 Å². The summed E-state index contributed by atoms with van der Waals surface area (Å²) in [6.45, 7) is 3.17. The van der Waals surface area contributed by atoms with Crippen molar-refractivity contribution >= 4 is 17.5 Å². The Morgan fingerprint density at radius 2 is 2.04 bits per heavy atom. The van der Waals surface area contributed by atoms with Crippen LogP contribution in [-0.2, 0) is 11.2 Å². The number of aromatic nitrogens is 1. The van der Waals surface area contributed by atoms with E-state index in [9.17, 15) is 4.79 Å². The number of benzene rings is 2. The van der Waals surface area contributed by atoms with Crippen molar-refractivity contribution in [2.24, 2.45) is 0 Å². The lowest BCUT2D eigenvalue weighted by Gasteiger charge is -2.07. The molecule has 1 N–H and O–H groups in total. The molecule has 5 nitrogen and oxygen atoms in total. The SMILES string of the molecule is Cc1cccc(OCCCNC(=O)CCc2ncc(-c3ccc(Cl)cc3)o2)c1. The molecule has 1 heterocycles. The predicted octanol–water partition coefficient (Wildman–Crippen LogP) is 4.82. The molecule has 0 saturated carbocycles. The van der Waals surface area contributed by atoms with Crippen LogP contribution in [0.1, 0.15) is 24.3 Å². The van der Waals surface area contributed by atoms with Crippen LogP contribution in [0.15, 0.2) is 59.1 Å². The number of nitrogens with zero attached hydrogens (tertiary/aromatic N) is 1. The van der Waals surface area contributed by atoms with Crippen LogP contribution in [-0.4, -0.2) is 24.0 Å². The number of amides is 1. The maximum absolute atomic E-state index is 12.0. The Kier molecular flexibility index (Phi) is 7.09. The number of ether oxygens (including phenoxy) is 1. The molecule has 3 rings (SSSR count). The zero-order chi connectivity index (χ0) is 19.8. The summed E-state index contributed by atoms with van der Waals surface area (Å²) in [6.07, 6.45) is 3.21. The normalized spacial score (nSPS) is 10.6. The molecule has 2 aromatic carbocycles. The van der Waals surface area contributed by atoms with E-state index in [0.29, 0.717) is 42.7 Å². The number of nitrogens with one attached hydrogen (secondary N) is 1. The second-order valence-corrected chi connectivity index (χ2v) is 6.93. The zero-order valence-corrected chi connectivity index (χ0v) is 16.5. The maximum Gasteiger partial charge on any atom is 0.220 e. The largest absolute Gasteiger partial charge is 0.494 e. The molecule has 0 aliphatic rings. The highest BCUT2D eigenvalue weighted by atomic mass is 35.5. The Bertz CT molecular complexity index is 906. The van der Waals surface area contributed by atoms with Gasteiger partial charge in [0, 0.05) is 30.0 Å². The van der Waals surface area contributed by atoms with Gasteiger partial charge in [-0.25, -0.2) is 4.98 Å². The number of aryl methyl sites for hydroxylation is 2. The molecule has 28 heavy (non-hydrogen) atoms. The molecular weight excluding hydrogens is 376 g/mol. The molecule has 0 aliphatic heterocycles. The van der Waals surface area contributed by atoms with Crippen molar-refractivity contribution < 1.29 is 13.9 Å². The minimum absolute atomic E-state index is 0.0261.